The summed E-state index contributed by atoms with van der Waals surface area (Å²) in [5.41, 5.74) is 0.610. The Bertz CT molecular complexity index is 1180. The van der Waals surface area contributed by atoms with Crippen LogP contribution in [0.5, 0.6) is 0 Å². The molecule has 1 saturated heterocycles. The molecule has 1 fully saturated rings. The van der Waals surface area contributed by atoms with E-state index < -0.39 is 45.3 Å². The molecule has 10 heteroatoms. The molecule has 1 aliphatic rings. The van der Waals surface area contributed by atoms with Gasteiger partial charge in [-0.1, -0.05) is 24.3 Å². The van der Waals surface area contributed by atoms with Crippen molar-refractivity contribution in [3.05, 3.63) is 65.5 Å². The minimum absolute atomic E-state index is 0.00534. The van der Waals surface area contributed by atoms with Crippen molar-refractivity contribution in [1.82, 2.24) is 9.21 Å². The van der Waals surface area contributed by atoms with Crippen molar-refractivity contribution in [2.75, 3.05) is 41.3 Å². The number of amides is 1. The molecule has 1 heterocycles. The number of quaternary nitrogens is 1. The van der Waals surface area contributed by atoms with Crippen LogP contribution in [0.1, 0.15) is 28.4 Å². The van der Waals surface area contributed by atoms with Crippen LogP contribution in [0.3, 0.4) is 0 Å². The highest BCUT2D eigenvalue weighted by atomic mass is 32.2. The zero-order valence-corrected chi connectivity index (χ0v) is 20.4. The van der Waals surface area contributed by atoms with Crippen LogP contribution in [-0.4, -0.2) is 76.4 Å². The van der Waals surface area contributed by atoms with E-state index in [0.29, 0.717) is 12.0 Å². The van der Waals surface area contributed by atoms with Gasteiger partial charge in [-0.15, -0.1) is 0 Å². The van der Waals surface area contributed by atoms with Crippen molar-refractivity contribution < 1.29 is 32.1 Å². The first-order valence-corrected chi connectivity index (χ1v) is 12.3. The van der Waals surface area contributed by atoms with Gasteiger partial charge in [0, 0.05) is 32.6 Å². The van der Waals surface area contributed by atoms with Gasteiger partial charge in [-0.3, -0.25) is 14.4 Å². The number of carbonyl (C=O) groups is 3. The number of nitrogens with zero attached hydrogens (tertiary/aromatic N) is 2. The molecular weight excluding hydrogens is 461 g/mol. The SMILES string of the molecule is CN(C)S(=O)(=O)c1ccc(C(=O)C2C(=O)C(=O)N(CCC[NH+](C)C)C2c2ccc(F)cc2)cc1. The van der Waals surface area contributed by atoms with E-state index in [-0.39, 0.29) is 17.0 Å². The maximum Gasteiger partial charge on any atom is 0.291 e. The number of Topliss-reactive ketones (excluding diaryl/α,β-unsaturated/α-hetero) is 2. The zero-order chi connectivity index (χ0) is 25.2. The van der Waals surface area contributed by atoms with E-state index in [1.807, 2.05) is 14.1 Å². The van der Waals surface area contributed by atoms with Crippen LogP contribution in [-0.2, 0) is 19.6 Å². The lowest BCUT2D eigenvalue weighted by atomic mass is 9.86. The summed E-state index contributed by atoms with van der Waals surface area (Å²) in [4.78, 5) is 41.9. The van der Waals surface area contributed by atoms with Gasteiger partial charge >= 0.3 is 0 Å². The Kier molecular flexibility index (Phi) is 7.64. The van der Waals surface area contributed by atoms with Crippen LogP contribution >= 0.6 is 0 Å². The Labute approximate surface area is 199 Å². The standard InChI is InChI=1S/C24H28FN3O5S/c1-26(2)14-5-15-28-21(16-6-10-18(25)11-7-16)20(23(30)24(28)31)22(29)17-8-12-19(13-9-17)34(32,33)27(3)4/h6-13,20-21H,5,14-15H2,1-4H3/p+1. The molecule has 0 aromatic heterocycles. The van der Waals surface area contributed by atoms with Crippen LogP contribution in [0.4, 0.5) is 4.39 Å². The maximum absolute atomic E-state index is 13.6. The van der Waals surface area contributed by atoms with Crippen LogP contribution in [0.25, 0.3) is 0 Å². The van der Waals surface area contributed by atoms with Gasteiger partial charge in [-0.2, -0.15) is 0 Å². The topological polar surface area (TPSA) is 96.3 Å². The molecule has 0 saturated carbocycles. The molecule has 1 N–H and O–H groups in total. The Morgan fingerprint density at radius 1 is 1.03 bits per heavy atom. The number of hydrogen-bond acceptors (Lipinski definition) is 5. The molecule has 2 atom stereocenters. The lowest BCUT2D eigenvalue weighted by Gasteiger charge is -2.27. The monoisotopic (exact) mass is 490 g/mol. The van der Waals surface area contributed by atoms with E-state index in [1.165, 1.54) is 72.4 Å². The summed E-state index contributed by atoms with van der Waals surface area (Å²) < 4.78 is 39.3. The average molecular weight is 491 g/mol. The Morgan fingerprint density at radius 3 is 2.15 bits per heavy atom. The first kappa shape index (κ1) is 25.7. The molecule has 3 rings (SSSR count). The van der Waals surface area contributed by atoms with E-state index in [1.54, 1.807) is 0 Å². The molecule has 2 unspecified atom stereocenters. The van der Waals surface area contributed by atoms with Gasteiger partial charge in [0.05, 0.1) is 31.6 Å². The molecule has 34 heavy (non-hydrogen) atoms. The molecule has 1 aliphatic heterocycles. The van der Waals surface area contributed by atoms with Gasteiger partial charge in [0.2, 0.25) is 15.8 Å². The summed E-state index contributed by atoms with van der Waals surface area (Å²) in [5, 5.41) is 0. The summed E-state index contributed by atoms with van der Waals surface area (Å²) in [6.45, 7) is 1.04. The second-order valence-electron chi connectivity index (χ2n) is 8.82. The second-order valence-corrected chi connectivity index (χ2v) is 11.0. The van der Waals surface area contributed by atoms with Gasteiger partial charge in [0.1, 0.15) is 11.7 Å². The molecule has 182 valence electrons. The van der Waals surface area contributed by atoms with Crippen molar-refractivity contribution in [2.24, 2.45) is 5.92 Å². The van der Waals surface area contributed by atoms with E-state index >= 15 is 0 Å². The van der Waals surface area contributed by atoms with Gasteiger partial charge in [0.25, 0.3) is 5.91 Å². The van der Waals surface area contributed by atoms with Crippen LogP contribution in [0, 0.1) is 11.7 Å². The van der Waals surface area contributed by atoms with E-state index in [2.05, 4.69) is 0 Å². The minimum Gasteiger partial charge on any atom is -0.340 e. The normalized spacial score (nSPS) is 18.9. The number of nitrogens with one attached hydrogen (secondary N) is 1. The Morgan fingerprint density at radius 2 is 1.62 bits per heavy atom. The quantitative estimate of drug-likeness (QED) is 0.315. The lowest BCUT2D eigenvalue weighted by Crippen LogP contribution is -3.05. The summed E-state index contributed by atoms with van der Waals surface area (Å²) in [7, 11) is 3.06. The molecule has 8 nitrogen and oxygen atoms in total. The predicted molar refractivity (Wildman–Crippen MR) is 123 cm³/mol. The highest BCUT2D eigenvalue weighted by Crippen LogP contribution is 2.38. The fraction of sp³-hybridized carbons (Fsp3) is 0.375. The Hall–Kier alpha value is -2.95. The van der Waals surface area contributed by atoms with Crippen LogP contribution in [0.15, 0.2) is 53.4 Å². The van der Waals surface area contributed by atoms with Crippen LogP contribution < -0.4 is 4.90 Å². The number of halogens is 1. The second kappa shape index (κ2) is 10.1. The number of carbonyl (C=O) groups excluding carboxylic acids is 3. The smallest absolute Gasteiger partial charge is 0.291 e. The molecule has 0 bridgehead atoms. The third-order valence-electron chi connectivity index (χ3n) is 5.89. The number of ketones is 2. The highest BCUT2D eigenvalue weighted by molar-refractivity contribution is 7.89. The fourth-order valence-electron chi connectivity index (χ4n) is 4.04. The van der Waals surface area contributed by atoms with Crippen LogP contribution in [0.2, 0.25) is 0 Å². The fourth-order valence-corrected chi connectivity index (χ4v) is 4.95. The van der Waals surface area contributed by atoms with Crippen molar-refractivity contribution in [1.29, 1.82) is 0 Å². The van der Waals surface area contributed by atoms with Crippen molar-refractivity contribution >= 4 is 27.5 Å². The molecule has 0 radical (unpaired) electrons. The largest absolute Gasteiger partial charge is 0.340 e. The van der Waals surface area contributed by atoms with Gasteiger partial charge in [0.15, 0.2) is 5.78 Å². The summed E-state index contributed by atoms with van der Waals surface area (Å²) in [5.74, 6) is -3.92. The van der Waals surface area contributed by atoms with E-state index in [9.17, 15) is 27.2 Å². The van der Waals surface area contributed by atoms with E-state index in [0.717, 1.165) is 10.8 Å². The third-order valence-corrected chi connectivity index (χ3v) is 7.72. The summed E-state index contributed by atoms with van der Waals surface area (Å²) in [6, 6.07) is 9.83. The van der Waals surface area contributed by atoms with Gasteiger partial charge in [-0.05, 0) is 29.8 Å². The van der Waals surface area contributed by atoms with Crippen molar-refractivity contribution in [2.45, 2.75) is 17.4 Å². The first-order valence-electron chi connectivity index (χ1n) is 10.9. The van der Waals surface area contributed by atoms with Gasteiger partial charge in [-0.25, -0.2) is 17.1 Å². The minimum atomic E-state index is -3.69. The highest BCUT2D eigenvalue weighted by Gasteiger charge is 2.51. The number of hydrogen-bond donors (Lipinski definition) is 1. The number of rotatable bonds is 9. The molecule has 0 spiro atoms. The van der Waals surface area contributed by atoms with Crippen molar-refractivity contribution in [3.8, 4) is 0 Å². The van der Waals surface area contributed by atoms with E-state index in [4.69, 9.17) is 0 Å². The average Bonchev–Trinajstić information content (AvgIpc) is 3.04. The molecule has 1 amide bonds. The maximum atomic E-state index is 13.6. The number of likely N-dealkylation sites (tertiary alicyclic amines) is 1. The molecular formula is C24H29FN3O5S+. The lowest BCUT2D eigenvalue weighted by molar-refractivity contribution is -0.858. The summed E-state index contributed by atoms with van der Waals surface area (Å²) >= 11 is 0. The van der Waals surface area contributed by atoms with Gasteiger partial charge < -0.3 is 9.80 Å². The molecule has 0 aliphatic carbocycles. The Balaban J connectivity index is 1.98. The van der Waals surface area contributed by atoms with Crippen molar-refractivity contribution in [3.63, 3.8) is 0 Å². The number of benzene rings is 2. The molecule has 2 aromatic rings. The predicted octanol–water partition coefficient (Wildman–Crippen LogP) is 0.562. The summed E-state index contributed by atoms with van der Waals surface area (Å²) in [6.07, 6.45) is 0.622. The first-order chi connectivity index (χ1) is 15.9. The third kappa shape index (κ3) is 5.08. The zero-order valence-electron chi connectivity index (χ0n) is 19.6. The molecule has 2 aromatic carbocycles. The number of sulfonamides is 1.